The van der Waals surface area contributed by atoms with Gasteiger partial charge in [-0.25, -0.2) is 13.6 Å². The summed E-state index contributed by atoms with van der Waals surface area (Å²) in [5, 5.41) is 8.80. The first-order valence-electron chi connectivity index (χ1n) is 4.93. The SMILES string of the molecule is Nc1ccn([C@@H]2O[C@@H](CO)CC2(F)F)c(=O)n1. The predicted molar refractivity (Wildman–Crippen MR) is 53.5 cm³/mol. The van der Waals surface area contributed by atoms with Crippen LogP contribution in [0.5, 0.6) is 0 Å². The molecule has 0 amide bonds. The predicted octanol–water partition coefficient (Wildman–Crippen LogP) is -0.259. The summed E-state index contributed by atoms with van der Waals surface area (Å²) >= 11 is 0. The molecule has 0 aliphatic carbocycles. The van der Waals surface area contributed by atoms with Gasteiger partial charge in [0.25, 0.3) is 5.92 Å². The number of nitrogen functional groups attached to an aromatic ring is 1. The van der Waals surface area contributed by atoms with Crippen molar-refractivity contribution in [2.45, 2.75) is 24.7 Å². The molecule has 1 aromatic heterocycles. The van der Waals surface area contributed by atoms with Crippen LogP contribution in [0.4, 0.5) is 14.6 Å². The Labute approximate surface area is 94.6 Å². The third kappa shape index (κ3) is 2.13. The lowest BCUT2D eigenvalue weighted by atomic mass is 10.2. The van der Waals surface area contributed by atoms with Crippen LogP contribution >= 0.6 is 0 Å². The van der Waals surface area contributed by atoms with Crippen molar-refractivity contribution in [3.05, 3.63) is 22.7 Å². The summed E-state index contributed by atoms with van der Waals surface area (Å²) in [5.41, 5.74) is 4.35. The van der Waals surface area contributed by atoms with Crippen LogP contribution in [0, 0.1) is 0 Å². The lowest BCUT2D eigenvalue weighted by Crippen LogP contribution is -2.35. The highest BCUT2D eigenvalue weighted by molar-refractivity contribution is 5.23. The van der Waals surface area contributed by atoms with E-state index >= 15 is 0 Å². The third-order valence-corrected chi connectivity index (χ3v) is 2.49. The van der Waals surface area contributed by atoms with Crippen LogP contribution in [0.3, 0.4) is 0 Å². The first-order chi connectivity index (χ1) is 7.94. The van der Waals surface area contributed by atoms with E-state index in [0.717, 1.165) is 6.20 Å². The number of rotatable bonds is 2. The summed E-state index contributed by atoms with van der Waals surface area (Å²) in [6.07, 6.45) is -2.27. The minimum Gasteiger partial charge on any atom is -0.394 e. The molecule has 0 bridgehead atoms. The highest BCUT2D eigenvalue weighted by Gasteiger charge is 2.51. The Morgan fingerprint density at radius 1 is 1.71 bits per heavy atom. The molecule has 17 heavy (non-hydrogen) atoms. The van der Waals surface area contributed by atoms with Crippen LogP contribution in [0.1, 0.15) is 12.6 Å². The maximum Gasteiger partial charge on any atom is 0.351 e. The third-order valence-electron chi connectivity index (χ3n) is 2.49. The van der Waals surface area contributed by atoms with Gasteiger partial charge in [-0.1, -0.05) is 0 Å². The molecule has 6 nitrogen and oxygen atoms in total. The number of hydrogen-bond donors (Lipinski definition) is 2. The van der Waals surface area contributed by atoms with Gasteiger partial charge in [0.05, 0.1) is 12.7 Å². The van der Waals surface area contributed by atoms with E-state index in [1.165, 1.54) is 6.07 Å². The Balaban J connectivity index is 2.37. The average molecular weight is 247 g/mol. The highest BCUT2D eigenvalue weighted by Crippen LogP contribution is 2.41. The number of halogens is 2. The molecule has 1 aliphatic heterocycles. The molecule has 0 spiro atoms. The number of anilines is 1. The highest BCUT2D eigenvalue weighted by atomic mass is 19.3. The van der Waals surface area contributed by atoms with Gasteiger partial charge in [0.2, 0.25) is 6.23 Å². The zero-order valence-corrected chi connectivity index (χ0v) is 8.72. The van der Waals surface area contributed by atoms with Crippen molar-refractivity contribution < 1.29 is 18.6 Å². The van der Waals surface area contributed by atoms with Crippen molar-refractivity contribution in [2.75, 3.05) is 12.3 Å². The molecule has 0 saturated carbocycles. The fraction of sp³-hybridized carbons (Fsp3) is 0.556. The minimum absolute atomic E-state index is 0.0497. The quantitative estimate of drug-likeness (QED) is 0.751. The van der Waals surface area contributed by atoms with Crippen LogP contribution in [0.25, 0.3) is 0 Å². The van der Waals surface area contributed by atoms with E-state index in [9.17, 15) is 13.6 Å². The Morgan fingerprint density at radius 3 is 2.94 bits per heavy atom. The number of nitrogens with two attached hydrogens (primary N) is 1. The van der Waals surface area contributed by atoms with E-state index in [-0.39, 0.29) is 5.82 Å². The Hall–Kier alpha value is -1.54. The molecule has 3 N–H and O–H groups in total. The van der Waals surface area contributed by atoms with E-state index in [2.05, 4.69) is 4.98 Å². The van der Waals surface area contributed by atoms with Crippen LogP contribution in [0.15, 0.2) is 17.1 Å². The number of hydrogen-bond acceptors (Lipinski definition) is 5. The normalized spacial score (nSPS) is 27.2. The van der Waals surface area contributed by atoms with Crippen molar-refractivity contribution in [1.29, 1.82) is 0 Å². The van der Waals surface area contributed by atoms with Gasteiger partial charge in [-0.15, -0.1) is 0 Å². The van der Waals surface area contributed by atoms with Gasteiger partial charge in [0, 0.05) is 12.6 Å². The van der Waals surface area contributed by atoms with Gasteiger partial charge in [-0.05, 0) is 6.07 Å². The second-order valence-electron chi connectivity index (χ2n) is 3.80. The van der Waals surface area contributed by atoms with Crippen molar-refractivity contribution in [2.24, 2.45) is 0 Å². The molecule has 1 aliphatic rings. The average Bonchev–Trinajstić information content (AvgIpc) is 2.54. The molecule has 1 fully saturated rings. The molecule has 0 radical (unpaired) electrons. The number of alkyl halides is 2. The fourth-order valence-electron chi connectivity index (χ4n) is 1.72. The molecular formula is C9H11F2N3O3. The van der Waals surface area contributed by atoms with Gasteiger partial charge in [0.1, 0.15) is 5.82 Å². The molecule has 94 valence electrons. The van der Waals surface area contributed by atoms with Crippen LogP contribution in [0.2, 0.25) is 0 Å². The summed E-state index contributed by atoms with van der Waals surface area (Å²) < 4.78 is 32.7. The van der Waals surface area contributed by atoms with E-state index < -0.39 is 37.0 Å². The molecule has 0 unspecified atom stereocenters. The molecule has 8 heteroatoms. The number of aliphatic hydroxyl groups is 1. The molecule has 2 rings (SSSR count). The molecule has 1 aromatic rings. The Kier molecular flexibility index (Phi) is 2.84. The zero-order valence-electron chi connectivity index (χ0n) is 8.72. The molecular weight excluding hydrogens is 236 g/mol. The summed E-state index contributed by atoms with van der Waals surface area (Å²) in [7, 11) is 0. The lowest BCUT2D eigenvalue weighted by Gasteiger charge is -2.19. The lowest BCUT2D eigenvalue weighted by molar-refractivity contribution is -0.120. The largest absolute Gasteiger partial charge is 0.394 e. The van der Waals surface area contributed by atoms with Crippen LogP contribution < -0.4 is 11.4 Å². The van der Waals surface area contributed by atoms with E-state index in [1.54, 1.807) is 0 Å². The maximum absolute atomic E-state index is 13.6. The van der Waals surface area contributed by atoms with E-state index in [0.29, 0.717) is 4.57 Å². The second kappa shape index (κ2) is 4.04. The van der Waals surface area contributed by atoms with Gasteiger partial charge in [-0.3, -0.25) is 4.57 Å². The van der Waals surface area contributed by atoms with Crippen molar-refractivity contribution >= 4 is 5.82 Å². The fourth-order valence-corrected chi connectivity index (χ4v) is 1.72. The Morgan fingerprint density at radius 2 is 2.41 bits per heavy atom. The van der Waals surface area contributed by atoms with Crippen molar-refractivity contribution in [1.82, 2.24) is 9.55 Å². The van der Waals surface area contributed by atoms with Gasteiger partial charge >= 0.3 is 5.69 Å². The second-order valence-corrected chi connectivity index (χ2v) is 3.80. The molecule has 2 heterocycles. The minimum atomic E-state index is -3.23. The van der Waals surface area contributed by atoms with E-state index in [1.807, 2.05) is 0 Å². The van der Waals surface area contributed by atoms with Crippen molar-refractivity contribution in [3.8, 4) is 0 Å². The van der Waals surface area contributed by atoms with Crippen molar-refractivity contribution in [3.63, 3.8) is 0 Å². The topological polar surface area (TPSA) is 90.4 Å². The summed E-state index contributed by atoms with van der Waals surface area (Å²) in [6.45, 7) is -0.525. The van der Waals surface area contributed by atoms with Gasteiger partial charge in [-0.2, -0.15) is 4.98 Å². The standard InChI is InChI=1S/C9H11F2N3O3/c10-9(11)3-5(4-15)17-7(9)14-2-1-6(12)13-8(14)16/h1-2,5,7,15H,3-4H2,(H2,12,13,16)/t5-,7-/m1/s1. The molecule has 1 saturated heterocycles. The molecule has 2 atom stereocenters. The first-order valence-corrected chi connectivity index (χ1v) is 4.93. The first kappa shape index (κ1) is 11.9. The smallest absolute Gasteiger partial charge is 0.351 e. The monoisotopic (exact) mass is 247 g/mol. The zero-order chi connectivity index (χ0) is 12.6. The van der Waals surface area contributed by atoms with Crippen LogP contribution in [-0.2, 0) is 4.74 Å². The number of aromatic nitrogens is 2. The Bertz CT molecular complexity index is 477. The number of nitrogens with zero attached hydrogens (tertiary/aromatic N) is 2. The maximum atomic E-state index is 13.6. The van der Waals surface area contributed by atoms with Gasteiger partial charge in [0.15, 0.2) is 0 Å². The molecule has 0 aromatic carbocycles. The van der Waals surface area contributed by atoms with Crippen LogP contribution in [-0.4, -0.2) is 33.3 Å². The number of ether oxygens (including phenoxy) is 1. The summed E-state index contributed by atoms with van der Waals surface area (Å²) in [4.78, 5) is 14.7. The summed E-state index contributed by atoms with van der Waals surface area (Å²) in [5.74, 6) is -3.28. The summed E-state index contributed by atoms with van der Waals surface area (Å²) in [6, 6.07) is 1.23. The van der Waals surface area contributed by atoms with E-state index in [4.69, 9.17) is 15.6 Å². The van der Waals surface area contributed by atoms with Gasteiger partial charge < -0.3 is 15.6 Å². The number of aliphatic hydroxyl groups excluding tert-OH is 1.